The van der Waals surface area contributed by atoms with Gasteiger partial charge in [0.2, 0.25) is 0 Å². The van der Waals surface area contributed by atoms with E-state index in [-0.39, 0.29) is 0 Å². The van der Waals surface area contributed by atoms with Gasteiger partial charge in [0.25, 0.3) is 0 Å². The first-order valence-corrected chi connectivity index (χ1v) is 5.02. The van der Waals surface area contributed by atoms with Crippen molar-refractivity contribution in [3.05, 3.63) is 12.2 Å². The fourth-order valence-corrected chi connectivity index (χ4v) is 1.48. The number of alkyl halides is 3. The summed E-state index contributed by atoms with van der Waals surface area (Å²) in [5, 5.41) is 1.84. The highest BCUT2D eigenvalue weighted by Gasteiger charge is 2.39. The number of ether oxygens (including phenoxy) is 1. The Kier molecular flexibility index (Phi) is 4.14. The molecule has 2 unspecified atom stereocenters. The molecule has 0 aromatic heterocycles. The Morgan fingerprint density at radius 2 is 1.94 bits per heavy atom. The predicted octanol–water partition coefficient (Wildman–Crippen LogP) is 1.32. The van der Waals surface area contributed by atoms with Crippen molar-refractivity contribution in [3.63, 3.8) is 0 Å². The summed E-state index contributed by atoms with van der Waals surface area (Å²) in [6.07, 6.45) is -1.73. The molecule has 4 nitrogen and oxygen atoms in total. The first kappa shape index (κ1) is 13.5. The number of amides is 1. The molecule has 7 heteroatoms. The van der Waals surface area contributed by atoms with Gasteiger partial charge in [-0.25, -0.2) is 0 Å². The van der Waals surface area contributed by atoms with Crippen molar-refractivity contribution in [1.29, 1.82) is 0 Å². The summed E-state index contributed by atoms with van der Waals surface area (Å²) in [4.78, 5) is 21.3. The van der Waals surface area contributed by atoms with Crippen molar-refractivity contribution in [2.24, 2.45) is 0 Å². The van der Waals surface area contributed by atoms with Crippen LogP contribution in [0.1, 0.15) is 19.8 Å². The van der Waals surface area contributed by atoms with Gasteiger partial charge in [0.05, 0.1) is 0 Å². The third-order valence-electron chi connectivity index (χ3n) is 2.21. The Labute approximate surface area is 95.8 Å². The molecule has 0 spiro atoms. The molecule has 1 rings (SSSR count). The van der Waals surface area contributed by atoms with Gasteiger partial charge in [0.15, 0.2) is 0 Å². The zero-order chi connectivity index (χ0) is 13.1. The summed E-state index contributed by atoms with van der Waals surface area (Å²) < 4.78 is 40.7. The Balaban J connectivity index is 2.45. The molecule has 2 atom stereocenters. The molecule has 17 heavy (non-hydrogen) atoms. The number of carbonyl (C=O) groups is 2. The van der Waals surface area contributed by atoms with Gasteiger partial charge in [-0.15, -0.1) is 0 Å². The van der Waals surface area contributed by atoms with Crippen molar-refractivity contribution >= 4 is 11.9 Å². The van der Waals surface area contributed by atoms with Gasteiger partial charge in [0.1, 0.15) is 6.10 Å². The number of carbonyl (C=O) groups excluding carboxylic acids is 2. The lowest BCUT2D eigenvalue weighted by Gasteiger charge is -2.23. The average Bonchev–Trinajstić information content (AvgIpc) is 2.18. The van der Waals surface area contributed by atoms with E-state index < -0.39 is 30.2 Å². The molecule has 0 bridgehead atoms. The molecule has 0 aliphatic heterocycles. The quantitative estimate of drug-likeness (QED) is 0.594. The Morgan fingerprint density at radius 1 is 1.29 bits per heavy atom. The molecule has 1 N–H and O–H groups in total. The van der Waals surface area contributed by atoms with E-state index in [1.807, 2.05) is 5.32 Å². The van der Waals surface area contributed by atoms with Crippen LogP contribution >= 0.6 is 0 Å². The van der Waals surface area contributed by atoms with Crippen LogP contribution in [0, 0.1) is 0 Å². The van der Waals surface area contributed by atoms with Crippen LogP contribution in [0.3, 0.4) is 0 Å². The third-order valence-corrected chi connectivity index (χ3v) is 2.21. The fraction of sp³-hybridized carbons (Fsp3) is 0.600. The summed E-state index contributed by atoms with van der Waals surface area (Å²) in [6, 6.07) is -0.670. The Bertz CT molecular complexity index is 338. The van der Waals surface area contributed by atoms with Crippen LogP contribution in [-0.4, -0.2) is 30.2 Å². The minimum absolute atomic E-state index is 0.302. The van der Waals surface area contributed by atoms with E-state index in [0.29, 0.717) is 12.8 Å². The lowest BCUT2D eigenvalue weighted by atomic mass is 10.0. The van der Waals surface area contributed by atoms with Crippen LogP contribution in [0.25, 0.3) is 0 Å². The lowest BCUT2D eigenvalue weighted by molar-refractivity contribution is -0.174. The zero-order valence-electron chi connectivity index (χ0n) is 9.08. The fourth-order valence-electron chi connectivity index (χ4n) is 1.48. The molecule has 0 saturated carbocycles. The number of hydrogen-bond acceptors (Lipinski definition) is 3. The molecule has 1 aliphatic carbocycles. The van der Waals surface area contributed by atoms with Gasteiger partial charge in [-0.2, -0.15) is 13.2 Å². The standard InChI is InChI=1S/C10H12F3NO3/c1-6(15)17-8-4-2-7(3-5-8)14-9(16)10(11,12)13/h2,4,7-8H,3,5H2,1H3,(H,14,16). The van der Waals surface area contributed by atoms with Crippen LogP contribution in [0.2, 0.25) is 0 Å². The summed E-state index contributed by atoms with van der Waals surface area (Å²) >= 11 is 0. The minimum Gasteiger partial charge on any atom is -0.458 e. The van der Waals surface area contributed by atoms with E-state index in [2.05, 4.69) is 0 Å². The largest absolute Gasteiger partial charge is 0.471 e. The topological polar surface area (TPSA) is 55.4 Å². The van der Waals surface area contributed by atoms with Crippen LogP contribution in [-0.2, 0) is 14.3 Å². The van der Waals surface area contributed by atoms with E-state index >= 15 is 0 Å². The first-order chi connectivity index (χ1) is 7.79. The molecular formula is C10H12F3NO3. The number of rotatable bonds is 2. The third kappa shape index (κ3) is 4.46. The van der Waals surface area contributed by atoms with Crippen LogP contribution in [0.15, 0.2) is 12.2 Å². The van der Waals surface area contributed by atoms with Crippen molar-refractivity contribution in [3.8, 4) is 0 Å². The molecule has 0 fully saturated rings. The second-order valence-electron chi connectivity index (χ2n) is 3.69. The van der Waals surface area contributed by atoms with E-state index in [1.54, 1.807) is 0 Å². The van der Waals surface area contributed by atoms with Gasteiger partial charge >= 0.3 is 18.1 Å². The smallest absolute Gasteiger partial charge is 0.458 e. The van der Waals surface area contributed by atoms with Crippen molar-refractivity contribution in [2.45, 2.75) is 38.1 Å². The molecule has 96 valence electrons. The van der Waals surface area contributed by atoms with Gasteiger partial charge in [-0.1, -0.05) is 6.08 Å². The molecule has 1 amide bonds. The van der Waals surface area contributed by atoms with Crippen LogP contribution in [0.4, 0.5) is 13.2 Å². The number of hydrogen-bond donors (Lipinski definition) is 1. The second-order valence-corrected chi connectivity index (χ2v) is 3.69. The maximum Gasteiger partial charge on any atom is 0.471 e. The van der Waals surface area contributed by atoms with Crippen LogP contribution < -0.4 is 5.32 Å². The van der Waals surface area contributed by atoms with Crippen molar-refractivity contribution < 1.29 is 27.5 Å². The van der Waals surface area contributed by atoms with E-state index in [1.165, 1.54) is 19.1 Å². The maximum atomic E-state index is 11.9. The van der Waals surface area contributed by atoms with Crippen molar-refractivity contribution in [2.75, 3.05) is 0 Å². The zero-order valence-corrected chi connectivity index (χ0v) is 9.08. The predicted molar refractivity (Wildman–Crippen MR) is 51.9 cm³/mol. The lowest BCUT2D eigenvalue weighted by Crippen LogP contribution is -2.43. The molecule has 0 heterocycles. The average molecular weight is 251 g/mol. The van der Waals surface area contributed by atoms with E-state index in [4.69, 9.17) is 4.74 Å². The van der Waals surface area contributed by atoms with Gasteiger partial charge in [-0.3, -0.25) is 9.59 Å². The second kappa shape index (κ2) is 5.20. The Morgan fingerprint density at radius 3 is 2.35 bits per heavy atom. The number of esters is 1. The van der Waals surface area contributed by atoms with Gasteiger partial charge in [0, 0.05) is 13.0 Å². The first-order valence-electron chi connectivity index (χ1n) is 5.02. The highest BCUT2D eigenvalue weighted by molar-refractivity contribution is 5.82. The van der Waals surface area contributed by atoms with E-state index in [9.17, 15) is 22.8 Å². The normalized spacial score (nSPS) is 24.2. The molecular weight excluding hydrogens is 239 g/mol. The van der Waals surface area contributed by atoms with Crippen LogP contribution in [0.5, 0.6) is 0 Å². The molecule has 0 saturated heterocycles. The maximum absolute atomic E-state index is 11.9. The summed E-state index contributed by atoms with van der Waals surface area (Å²) in [6.45, 7) is 1.26. The summed E-state index contributed by atoms with van der Waals surface area (Å²) in [5.41, 5.74) is 0. The van der Waals surface area contributed by atoms with E-state index in [0.717, 1.165) is 0 Å². The number of nitrogens with one attached hydrogen (secondary N) is 1. The monoisotopic (exact) mass is 251 g/mol. The van der Waals surface area contributed by atoms with Gasteiger partial charge < -0.3 is 10.1 Å². The van der Waals surface area contributed by atoms with Gasteiger partial charge in [-0.05, 0) is 18.9 Å². The molecule has 1 aliphatic rings. The molecule has 0 aromatic carbocycles. The highest BCUT2D eigenvalue weighted by atomic mass is 19.4. The molecule has 0 radical (unpaired) electrons. The summed E-state index contributed by atoms with van der Waals surface area (Å²) in [7, 11) is 0. The number of halogens is 3. The minimum atomic E-state index is -4.87. The van der Waals surface area contributed by atoms with Crippen molar-refractivity contribution in [1.82, 2.24) is 5.32 Å². The Hall–Kier alpha value is -1.53. The summed E-state index contributed by atoms with van der Waals surface area (Å²) in [5.74, 6) is -2.41. The SMILES string of the molecule is CC(=O)OC1C=CC(NC(=O)C(F)(F)F)CC1. The molecule has 0 aromatic rings. The highest BCUT2D eigenvalue weighted by Crippen LogP contribution is 2.18.